The molecule has 0 radical (unpaired) electrons. The lowest BCUT2D eigenvalue weighted by Crippen LogP contribution is -2.32. The number of hydrogen-bond donors (Lipinski definition) is 0. The van der Waals surface area contributed by atoms with Gasteiger partial charge in [0.1, 0.15) is 9.79 Å². The Morgan fingerprint density at radius 1 is 0.958 bits per heavy atom. The molecule has 2 rings (SSSR count). The number of aryl methyl sites for hydroxylation is 1. The molecule has 0 spiro atoms. The first kappa shape index (κ1) is 20.4. The SMILES string of the molecule is Cc1sc(C(C)(C)C)c2c1S(=O)(=O)N(CCCCCCBr)S2(=O)=O. The second-order valence-corrected chi connectivity index (χ2v) is 12.9. The van der Waals surface area contributed by atoms with Crippen LogP contribution >= 0.6 is 27.3 Å². The summed E-state index contributed by atoms with van der Waals surface area (Å²) in [5, 5.41) is 0.901. The molecule has 9 heteroatoms. The Morgan fingerprint density at radius 3 is 2.04 bits per heavy atom. The molecule has 1 aromatic rings. The van der Waals surface area contributed by atoms with Gasteiger partial charge in [0.25, 0.3) is 20.0 Å². The average molecular weight is 458 g/mol. The molecule has 5 nitrogen and oxygen atoms in total. The Hall–Kier alpha value is 0.0400. The van der Waals surface area contributed by atoms with Crippen LogP contribution < -0.4 is 0 Å². The van der Waals surface area contributed by atoms with Gasteiger partial charge in [0.05, 0.1) is 0 Å². The van der Waals surface area contributed by atoms with Gasteiger partial charge in [-0.15, -0.1) is 11.3 Å². The summed E-state index contributed by atoms with van der Waals surface area (Å²) in [4.78, 5) is 1.19. The molecule has 0 saturated heterocycles. The van der Waals surface area contributed by atoms with Crippen LogP contribution in [0.2, 0.25) is 0 Å². The monoisotopic (exact) mass is 457 g/mol. The summed E-state index contributed by atoms with van der Waals surface area (Å²) in [5.74, 6) is 0. The second kappa shape index (κ2) is 6.98. The number of alkyl halides is 1. The van der Waals surface area contributed by atoms with Gasteiger partial charge in [0, 0.05) is 21.6 Å². The molecule has 1 aromatic heterocycles. The Bertz CT molecular complexity index is 820. The summed E-state index contributed by atoms with van der Waals surface area (Å²) in [7, 11) is -7.96. The fraction of sp³-hybridized carbons (Fsp3) is 0.733. The van der Waals surface area contributed by atoms with E-state index in [4.69, 9.17) is 0 Å². The minimum atomic E-state index is -3.99. The molecule has 0 N–H and O–H groups in total. The maximum Gasteiger partial charge on any atom is 0.258 e. The van der Waals surface area contributed by atoms with Gasteiger partial charge in [-0.3, -0.25) is 0 Å². The lowest BCUT2D eigenvalue weighted by atomic mass is 9.95. The Balaban J connectivity index is 2.42. The van der Waals surface area contributed by atoms with Crippen molar-refractivity contribution in [2.24, 2.45) is 0 Å². The minimum Gasteiger partial charge on any atom is -0.206 e. The minimum absolute atomic E-state index is 0.00196. The highest BCUT2D eigenvalue weighted by Crippen LogP contribution is 2.48. The quantitative estimate of drug-likeness (QED) is 0.477. The fourth-order valence-corrected chi connectivity index (χ4v) is 10.1. The highest BCUT2D eigenvalue weighted by atomic mass is 79.9. The van der Waals surface area contributed by atoms with Gasteiger partial charge in [-0.25, -0.2) is 16.8 Å². The molecule has 24 heavy (non-hydrogen) atoms. The van der Waals surface area contributed by atoms with Crippen LogP contribution in [0.5, 0.6) is 0 Å². The van der Waals surface area contributed by atoms with Crippen molar-refractivity contribution in [3.8, 4) is 0 Å². The molecule has 138 valence electrons. The van der Waals surface area contributed by atoms with Crippen molar-refractivity contribution in [3.05, 3.63) is 9.75 Å². The van der Waals surface area contributed by atoms with E-state index in [0.717, 1.165) is 24.6 Å². The fourth-order valence-electron chi connectivity index (χ4n) is 2.80. The van der Waals surface area contributed by atoms with Crippen molar-refractivity contribution in [3.63, 3.8) is 0 Å². The number of rotatable bonds is 6. The molecule has 0 aliphatic carbocycles. The van der Waals surface area contributed by atoms with Crippen LogP contribution in [0.3, 0.4) is 0 Å². The van der Waals surface area contributed by atoms with Crippen LogP contribution in [-0.2, 0) is 25.5 Å². The van der Waals surface area contributed by atoms with Gasteiger partial charge in [0.2, 0.25) is 0 Å². The third-order valence-electron chi connectivity index (χ3n) is 3.94. The smallest absolute Gasteiger partial charge is 0.206 e. The molecule has 0 saturated carbocycles. The molecule has 0 unspecified atom stereocenters. The van der Waals surface area contributed by atoms with Crippen molar-refractivity contribution in [1.29, 1.82) is 0 Å². The highest BCUT2D eigenvalue weighted by molar-refractivity contribution is 9.09. The summed E-state index contributed by atoms with van der Waals surface area (Å²) in [6, 6.07) is 0. The average Bonchev–Trinajstić information content (AvgIpc) is 2.87. The predicted molar refractivity (Wildman–Crippen MR) is 101 cm³/mol. The number of sulfonamides is 2. The standard InChI is InChI=1S/C15H24BrNO4S3/c1-11-12-13(14(22-11)15(2,3)4)24(20,21)17(23(12,18)19)10-8-6-5-7-9-16/h5-10H2,1-4H3. The van der Waals surface area contributed by atoms with E-state index in [1.165, 1.54) is 11.3 Å². The van der Waals surface area contributed by atoms with Crippen LogP contribution in [0.25, 0.3) is 0 Å². The van der Waals surface area contributed by atoms with Gasteiger partial charge in [-0.2, -0.15) is 0 Å². The zero-order valence-electron chi connectivity index (χ0n) is 14.4. The van der Waals surface area contributed by atoms with Gasteiger partial charge in [0.15, 0.2) is 0 Å². The maximum atomic E-state index is 12.9. The first-order chi connectivity index (χ1) is 11.0. The van der Waals surface area contributed by atoms with Gasteiger partial charge in [-0.1, -0.05) is 53.3 Å². The normalized spacial score (nSPS) is 19.5. The lowest BCUT2D eigenvalue weighted by molar-refractivity contribution is 0.491. The first-order valence-electron chi connectivity index (χ1n) is 7.93. The molecule has 0 fully saturated rings. The largest absolute Gasteiger partial charge is 0.258 e. The molecule has 1 aliphatic heterocycles. The summed E-state index contributed by atoms with van der Waals surface area (Å²) < 4.78 is 52.3. The Morgan fingerprint density at radius 2 is 1.50 bits per heavy atom. The van der Waals surface area contributed by atoms with Crippen LogP contribution in [-0.4, -0.2) is 32.4 Å². The number of halogens is 1. The third-order valence-corrected chi connectivity index (χ3v) is 11.0. The first-order valence-corrected chi connectivity index (χ1v) is 12.7. The van der Waals surface area contributed by atoms with E-state index in [1.54, 1.807) is 6.92 Å². The van der Waals surface area contributed by atoms with E-state index < -0.39 is 25.5 Å². The summed E-state index contributed by atoms with van der Waals surface area (Å²) in [6.07, 6.45) is 3.31. The van der Waals surface area contributed by atoms with Crippen molar-refractivity contribution < 1.29 is 16.8 Å². The van der Waals surface area contributed by atoms with E-state index in [1.807, 2.05) is 20.8 Å². The Kier molecular flexibility index (Phi) is 5.92. The highest BCUT2D eigenvalue weighted by Gasteiger charge is 2.51. The number of hydrogen-bond acceptors (Lipinski definition) is 5. The van der Waals surface area contributed by atoms with Crippen molar-refractivity contribution >= 4 is 47.3 Å². The summed E-state index contributed by atoms with van der Waals surface area (Å²) >= 11 is 4.63. The molecular weight excluding hydrogens is 434 g/mol. The third kappa shape index (κ3) is 3.47. The second-order valence-electron chi connectivity index (χ2n) is 7.01. The van der Waals surface area contributed by atoms with Crippen molar-refractivity contribution in [2.45, 2.75) is 68.6 Å². The maximum absolute atomic E-state index is 12.9. The van der Waals surface area contributed by atoms with E-state index in [9.17, 15) is 16.8 Å². The molecule has 2 heterocycles. The molecule has 0 amide bonds. The van der Waals surface area contributed by atoms with Gasteiger partial charge in [-0.05, 0) is 25.2 Å². The van der Waals surface area contributed by atoms with E-state index in [2.05, 4.69) is 15.9 Å². The van der Waals surface area contributed by atoms with Crippen LogP contribution in [0, 0.1) is 6.92 Å². The van der Waals surface area contributed by atoms with Crippen LogP contribution in [0.15, 0.2) is 9.79 Å². The number of nitrogens with zero attached hydrogens (tertiary/aromatic N) is 1. The molecule has 0 aromatic carbocycles. The molecule has 0 bridgehead atoms. The van der Waals surface area contributed by atoms with E-state index in [0.29, 0.717) is 19.9 Å². The zero-order chi connectivity index (χ0) is 18.3. The van der Waals surface area contributed by atoms with Gasteiger partial charge < -0.3 is 0 Å². The lowest BCUT2D eigenvalue weighted by Gasteiger charge is -2.19. The molecular formula is C15H24BrNO4S3. The summed E-state index contributed by atoms with van der Waals surface area (Å²) in [5.41, 5.74) is -0.419. The molecule has 1 aliphatic rings. The number of fused-ring (bicyclic) bond motifs is 1. The van der Waals surface area contributed by atoms with E-state index in [-0.39, 0.29) is 16.3 Å². The Labute approximate surface area is 157 Å². The number of unbranched alkanes of at least 4 members (excludes halogenated alkanes) is 3. The van der Waals surface area contributed by atoms with Crippen molar-refractivity contribution in [2.75, 3.05) is 11.9 Å². The number of thiophene rings is 1. The van der Waals surface area contributed by atoms with Crippen LogP contribution in [0.4, 0.5) is 0 Å². The summed E-state index contributed by atoms with van der Waals surface area (Å²) in [6.45, 7) is 7.43. The molecule has 0 atom stereocenters. The van der Waals surface area contributed by atoms with Gasteiger partial charge >= 0.3 is 0 Å². The topological polar surface area (TPSA) is 71.5 Å². The predicted octanol–water partition coefficient (Wildman–Crippen LogP) is 4.00. The van der Waals surface area contributed by atoms with Crippen molar-refractivity contribution in [1.82, 2.24) is 3.71 Å². The van der Waals surface area contributed by atoms with Crippen LogP contribution in [0.1, 0.15) is 56.2 Å². The van der Waals surface area contributed by atoms with E-state index >= 15 is 0 Å². The zero-order valence-corrected chi connectivity index (χ0v) is 18.5.